The summed E-state index contributed by atoms with van der Waals surface area (Å²) in [5.74, 6) is -0.454. The molecule has 0 saturated carbocycles. The maximum atomic E-state index is 12.0. The van der Waals surface area contributed by atoms with Crippen molar-refractivity contribution in [3.8, 4) is 0 Å². The average Bonchev–Trinajstić information content (AvgIpc) is 2.86. The van der Waals surface area contributed by atoms with Crippen LogP contribution in [0.3, 0.4) is 0 Å². The lowest BCUT2D eigenvalue weighted by Crippen LogP contribution is -2.37. The summed E-state index contributed by atoms with van der Waals surface area (Å²) in [7, 11) is 0. The van der Waals surface area contributed by atoms with E-state index in [1.54, 1.807) is 17.9 Å². The smallest absolute Gasteiger partial charge is 0.410 e. The maximum absolute atomic E-state index is 12.0. The minimum Gasteiger partial charge on any atom is -0.461 e. The van der Waals surface area contributed by atoms with Gasteiger partial charge in [-0.3, -0.25) is 5.10 Å². The van der Waals surface area contributed by atoms with Crippen molar-refractivity contribution in [1.82, 2.24) is 15.1 Å². The zero-order valence-corrected chi connectivity index (χ0v) is 13.9. The third kappa shape index (κ3) is 5.75. The predicted octanol–water partition coefficient (Wildman–Crippen LogP) is 2.39. The summed E-state index contributed by atoms with van der Waals surface area (Å²) in [5.41, 5.74) is 0.498. The average molecular weight is 311 g/mol. The summed E-state index contributed by atoms with van der Waals surface area (Å²) >= 11 is 0. The Labute approximate surface area is 131 Å². The van der Waals surface area contributed by atoms with Crippen molar-refractivity contribution in [3.63, 3.8) is 0 Å². The third-order valence-electron chi connectivity index (χ3n) is 2.80. The Morgan fingerprint density at radius 1 is 1.32 bits per heavy atom. The van der Waals surface area contributed by atoms with Gasteiger partial charge in [0.2, 0.25) is 0 Å². The monoisotopic (exact) mass is 311 g/mol. The van der Waals surface area contributed by atoms with Gasteiger partial charge in [-0.2, -0.15) is 5.10 Å². The lowest BCUT2D eigenvalue weighted by Gasteiger charge is -2.26. The molecule has 0 bridgehead atoms. The van der Waals surface area contributed by atoms with Gasteiger partial charge in [0.1, 0.15) is 5.60 Å². The van der Waals surface area contributed by atoms with Crippen molar-refractivity contribution in [3.05, 3.63) is 17.5 Å². The molecule has 7 nitrogen and oxygen atoms in total. The van der Waals surface area contributed by atoms with E-state index in [2.05, 4.69) is 10.2 Å². The molecule has 124 valence electrons. The first-order valence-corrected chi connectivity index (χ1v) is 7.46. The van der Waals surface area contributed by atoms with Crippen LogP contribution < -0.4 is 0 Å². The number of nitrogens with one attached hydrogen (secondary N) is 1. The molecular formula is C15H25N3O4. The molecular weight excluding hydrogens is 286 g/mol. The van der Waals surface area contributed by atoms with Gasteiger partial charge in [0.25, 0.3) is 0 Å². The van der Waals surface area contributed by atoms with E-state index in [0.717, 1.165) is 5.69 Å². The predicted molar refractivity (Wildman–Crippen MR) is 81.7 cm³/mol. The molecule has 0 atom stereocenters. The second kappa shape index (κ2) is 7.82. The first-order chi connectivity index (χ1) is 10.3. The molecule has 0 aliphatic carbocycles. The molecule has 1 aromatic rings. The van der Waals surface area contributed by atoms with Crippen LogP contribution in [0, 0.1) is 0 Å². The largest absolute Gasteiger partial charge is 0.461 e. The lowest BCUT2D eigenvalue weighted by atomic mass is 10.2. The molecule has 0 aromatic carbocycles. The molecule has 0 unspecified atom stereocenters. The Morgan fingerprint density at radius 2 is 2.00 bits per heavy atom. The van der Waals surface area contributed by atoms with Crippen LogP contribution in [0.15, 0.2) is 6.07 Å². The number of likely N-dealkylation sites (N-methyl/N-ethyl adjacent to an activating group) is 1. The lowest BCUT2D eigenvalue weighted by molar-refractivity contribution is 0.0261. The molecule has 1 amide bonds. The number of ether oxygens (including phenoxy) is 2. The van der Waals surface area contributed by atoms with Crippen molar-refractivity contribution in [1.29, 1.82) is 0 Å². The number of amides is 1. The number of esters is 1. The Kier molecular flexibility index (Phi) is 6.39. The fourth-order valence-corrected chi connectivity index (χ4v) is 1.76. The molecule has 1 aromatic heterocycles. The fourth-order valence-electron chi connectivity index (χ4n) is 1.76. The molecule has 1 heterocycles. The number of H-pyrrole nitrogens is 1. The van der Waals surface area contributed by atoms with Crippen LogP contribution in [-0.2, 0) is 15.9 Å². The van der Waals surface area contributed by atoms with E-state index in [-0.39, 0.29) is 11.8 Å². The molecule has 7 heteroatoms. The second-order valence-electron chi connectivity index (χ2n) is 5.81. The van der Waals surface area contributed by atoms with Crippen LogP contribution >= 0.6 is 0 Å². The summed E-state index contributed by atoms with van der Waals surface area (Å²) in [4.78, 5) is 25.1. The number of aromatic nitrogens is 2. The summed E-state index contributed by atoms with van der Waals surface area (Å²) in [6, 6.07) is 1.64. The number of nitrogens with zero attached hydrogens (tertiary/aromatic N) is 2. The van der Waals surface area contributed by atoms with Gasteiger partial charge in [-0.15, -0.1) is 0 Å². The second-order valence-corrected chi connectivity index (χ2v) is 5.81. The maximum Gasteiger partial charge on any atom is 0.410 e. The molecule has 0 aliphatic heterocycles. The topological polar surface area (TPSA) is 84.5 Å². The van der Waals surface area contributed by atoms with Crippen molar-refractivity contribution in [2.24, 2.45) is 0 Å². The van der Waals surface area contributed by atoms with Gasteiger partial charge in [-0.1, -0.05) is 0 Å². The normalized spacial score (nSPS) is 11.1. The van der Waals surface area contributed by atoms with Crippen LogP contribution in [0.4, 0.5) is 4.79 Å². The standard InChI is InChI=1S/C15H25N3O4/c1-6-18(14(20)22-15(3,4)5)9-8-11-10-12(17-16-11)13(19)21-7-2/h10H,6-9H2,1-5H3,(H,16,17). The van der Waals surface area contributed by atoms with E-state index < -0.39 is 11.6 Å². The minimum atomic E-state index is -0.518. The Bertz CT molecular complexity index is 505. The van der Waals surface area contributed by atoms with Crippen molar-refractivity contribution >= 4 is 12.1 Å². The number of hydrogen-bond acceptors (Lipinski definition) is 5. The van der Waals surface area contributed by atoms with E-state index in [1.807, 2.05) is 27.7 Å². The van der Waals surface area contributed by atoms with E-state index in [1.165, 1.54) is 0 Å². The summed E-state index contributed by atoms with van der Waals surface area (Å²) in [6.45, 7) is 10.5. The van der Waals surface area contributed by atoms with Crippen molar-refractivity contribution in [2.75, 3.05) is 19.7 Å². The van der Waals surface area contributed by atoms with E-state index >= 15 is 0 Å². The van der Waals surface area contributed by atoms with Gasteiger partial charge >= 0.3 is 12.1 Å². The number of rotatable bonds is 6. The highest BCUT2D eigenvalue weighted by molar-refractivity contribution is 5.87. The number of carbonyl (C=O) groups is 2. The first-order valence-electron chi connectivity index (χ1n) is 7.46. The molecule has 0 aliphatic rings. The molecule has 1 N–H and O–H groups in total. The van der Waals surface area contributed by atoms with Gasteiger partial charge in [0.15, 0.2) is 5.69 Å². The van der Waals surface area contributed by atoms with Crippen LogP contribution in [0.2, 0.25) is 0 Å². The van der Waals surface area contributed by atoms with Crippen molar-refractivity contribution in [2.45, 2.75) is 46.6 Å². The Balaban J connectivity index is 2.56. The number of hydrogen-bond donors (Lipinski definition) is 1. The van der Waals surface area contributed by atoms with Gasteiger partial charge in [0, 0.05) is 25.2 Å². The highest BCUT2D eigenvalue weighted by atomic mass is 16.6. The SMILES string of the molecule is CCOC(=O)c1cc(CCN(CC)C(=O)OC(C)(C)C)[nH]n1. The zero-order valence-electron chi connectivity index (χ0n) is 13.9. The van der Waals surface area contributed by atoms with E-state index in [4.69, 9.17) is 9.47 Å². The molecule has 22 heavy (non-hydrogen) atoms. The van der Waals surface area contributed by atoms with Crippen molar-refractivity contribution < 1.29 is 19.1 Å². The van der Waals surface area contributed by atoms with E-state index in [9.17, 15) is 9.59 Å². The first kappa shape index (κ1) is 18.0. The van der Waals surface area contributed by atoms with Crippen LogP contribution in [0.5, 0.6) is 0 Å². The highest BCUT2D eigenvalue weighted by Crippen LogP contribution is 2.11. The van der Waals surface area contributed by atoms with Gasteiger partial charge in [-0.25, -0.2) is 9.59 Å². The van der Waals surface area contributed by atoms with Crippen LogP contribution in [-0.4, -0.2) is 52.5 Å². The third-order valence-corrected chi connectivity index (χ3v) is 2.80. The van der Waals surface area contributed by atoms with Gasteiger partial charge < -0.3 is 14.4 Å². The Morgan fingerprint density at radius 3 is 2.55 bits per heavy atom. The molecule has 0 fully saturated rings. The number of carbonyl (C=O) groups excluding carboxylic acids is 2. The summed E-state index contributed by atoms with van der Waals surface area (Å²) in [6.07, 6.45) is 0.208. The van der Waals surface area contributed by atoms with E-state index in [0.29, 0.717) is 26.1 Å². The summed E-state index contributed by atoms with van der Waals surface area (Å²) in [5, 5.41) is 6.69. The van der Waals surface area contributed by atoms with Gasteiger partial charge in [0.05, 0.1) is 6.61 Å². The van der Waals surface area contributed by atoms with Crippen LogP contribution in [0.1, 0.15) is 50.8 Å². The molecule has 0 radical (unpaired) electrons. The fraction of sp³-hybridized carbons (Fsp3) is 0.667. The number of aromatic amines is 1. The Hall–Kier alpha value is -2.05. The zero-order chi connectivity index (χ0) is 16.8. The minimum absolute atomic E-state index is 0.247. The molecule has 0 saturated heterocycles. The quantitative estimate of drug-likeness (QED) is 0.815. The molecule has 0 spiro atoms. The van der Waals surface area contributed by atoms with Gasteiger partial charge in [-0.05, 0) is 40.7 Å². The van der Waals surface area contributed by atoms with Crippen LogP contribution in [0.25, 0.3) is 0 Å². The summed E-state index contributed by atoms with van der Waals surface area (Å²) < 4.78 is 10.2. The highest BCUT2D eigenvalue weighted by Gasteiger charge is 2.21. The molecule has 1 rings (SSSR count).